The highest BCUT2D eigenvalue weighted by atomic mass is 16.5. The van der Waals surface area contributed by atoms with E-state index >= 15 is 0 Å². The number of esters is 1. The lowest BCUT2D eigenvalue weighted by Crippen LogP contribution is -2.34. The Hall–Kier alpha value is -3.82. The number of hydrogen-bond donors (Lipinski definition) is 4. The van der Waals surface area contributed by atoms with E-state index in [1.807, 2.05) is 0 Å². The van der Waals surface area contributed by atoms with Crippen molar-refractivity contribution in [1.29, 1.82) is 5.41 Å². The molecule has 0 unspecified atom stereocenters. The number of imidazole rings is 1. The van der Waals surface area contributed by atoms with E-state index < -0.39 is 11.9 Å². The molecule has 2 heterocycles. The van der Waals surface area contributed by atoms with Gasteiger partial charge in [0, 0.05) is 35.4 Å². The first-order valence-electron chi connectivity index (χ1n) is 8.06. The molecule has 3 rings (SSSR count). The zero-order valence-electron chi connectivity index (χ0n) is 14.5. The summed E-state index contributed by atoms with van der Waals surface area (Å²) < 4.78 is 6.12. The highest BCUT2D eigenvalue weighted by Crippen LogP contribution is 2.08. The van der Waals surface area contributed by atoms with E-state index in [4.69, 9.17) is 11.1 Å². The summed E-state index contributed by atoms with van der Waals surface area (Å²) in [5, 5.41) is 14.4. The minimum Gasteiger partial charge on any atom is -0.469 e. The Kier molecular flexibility index (Phi) is 5.06. The lowest BCUT2D eigenvalue weighted by molar-refractivity contribution is -0.657. The van der Waals surface area contributed by atoms with Crippen molar-refractivity contribution in [2.45, 2.75) is 6.42 Å². The highest BCUT2D eigenvalue weighted by molar-refractivity contribution is 5.95. The number of nitrogens with one attached hydrogen (secondary N) is 3. The largest absolute Gasteiger partial charge is 0.469 e. The number of aromatic nitrogens is 4. The number of nitrogens with two attached hydrogens (primary N) is 1. The number of nitrogen functional groups attached to an aromatic ring is 1. The molecule has 138 valence electrons. The van der Waals surface area contributed by atoms with E-state index in [1.165, 1.54) is 7.11 Å². The molecule has 0 bridgehead atoms. The van der Waals surface area contributed by atoms with Crippen molar-refractivity contribution in [3.8, 4) is 5.69 Å². The van der Waals surface area contributed by atoms with Crippen LogP contribution in [0.3, 0.4) is 0 Å². The first-order chi connectivity index (χ1) is 13.0. The quantitative estimate of drug-likeness (QED) is 0.205. The van der Waals surface area contributed by atoms with Crippen LogP contribution in [-0.4, -0.2) is 46.4 Å². The van der Waals surface area contributed by atoms with Gasteiger partial charge in [-0.3, -0.25) is 15.0 Å². The second-order valence-electron chi connectivity index (χ2n) is 5.63. The summed E-state index contributed by atoms with van der Waals surface area (Å²) in [7, 11) is 1.29. The van der Waals surface area contributed by atoms with Gasteiger partial charge < -0.3 is 20.8 Å². The van der Waals surface area contributed by atoms with Crippen molar-refractivity contribution >= 4 is 28.9 Å². The number of carbonyl (C=O) groups excluding carboxylic acids is 2. The molecule has 10 heteroatoms. The second-order valence-corrected chi connectivity index (χ2v) is 5.63. The van der Waals surface area contributed by atoms with Crippen LogP contribution >= 0.6 is 0 Å². The SMILES string of the molecule is COC(=O)CCNC(=O)c1nc2n[n+](-c3ccc(C(=N)N)cc3)ccc2[nH]1. The predicted octanol–water partition coefficient (Wildman–Crippen LogP) is -0.188. The van der Waals surface area contributed by atoms with Gasteiger partial charge >= 0.3 is 5.97 Å². The number of hydrogen-bond acceptors (Lipinski definition) is 6. The Morgan fingerprint density at radius 1 is 1.30 bits per heavy atom. The summed E-state index contributed by atoms with van der Waals surface area (Å²) in [6.45, 7) is 0.151. The van der Waals surface area contributed by atoms with Crippen molar-refractivity contribution in [2.24, 2.45) is 5.73 Å². The normalized spacial score (nSPS) is 10.6. The maximum absolute atomic E-state index is 12.1. The number of rotatable bonds is 6. The van der Waals surface area contributed by atoms with Crippen molar-refractivity contribution in [3.05, 3.63) is 47.9 Å². The lowest BCUT2D eigenvalue weighted by atomic mass is 10.2. The number of ether oxygens (including phenoxy) is 1. The van der Waals surface area contributed by atoms with Gasteiger partial charge in [0.1, 0.15) is 5.84 Å². The van der Waals surface area contributed by atoms with Gasteiger partial charge in [-0.05, 0) is 12.1 Å². The molecule has 0 fully saturated rings. The fourth-order valence-electron chi connectivity index (χ4n) is 2.36. The van der Waals surface area contributed by atoms with Crippen LogP contribution in [0, 0.1) is 5.41 Å². The Morgan fingerprint density at radius 3 is 2.70 bits per heavy atom. The number of benzene rings is 1. The molecule has 0 saturated heterocycles. The van der Waals surface area contributed by atoms with Crippen LogP contribution in [0.5, 0.6) is 0 Å². The summed E-state index contributed by atoms with van der Waals surface area (Å²) in [5.41, 5.74) is 7.79. The molecule has 0 radical (unpaired) electrons. The summed E-state index contributed by atoms with van der Waals surface area (Å²) >= 11 is 0. The van der Waals surface area contributed by atoms with Crippen LogP contribution in [0.4, 0.5) is 0 Å². The van der Waals surface area contributed by atoms with Crippen molar-refractivity contribution in [1.82, 2.24) is 20.4 Å². The molecule has 10 nitrogen and oxygen atoms in total. The van der Waals surface area contributed by atoms with E-state index in [0.29, 0.717) is 16.7 Å². The minimum atomic E-state index is -0.436. The predicted molar refractivity (Wildman–Crippen MR) is 95.4 cm³/mol. The van der Waals surface area contributed by atoms with Gasteiger partial charge in [0.05, 0.1) is 19.0 Å². The van der Waals surface area contributed by atoms with E-state index in [9.17, 15) is 9.59 Å². The number of carbonyl (C=O) groups is 2. The maximum atomic E-state index is 12.1. The maximum Gasteiger partial charge on any atom is 0.307 e. The topological polar surface area (TPSA) is 151 Å². The van der Waals surface area contributed by atoms with Gasteiger partial charge in [-0.2, -0.15) is 4.98 Å². The van der Waals surface area contributed by atoms with Gasteiger partial charge in [0.15, 0.2) is 5.82 Å². The molecule has 0 aliphatic rings. The molecule has 1 amide bonds. The van der Waals surface area contributed by atoms with E-state index in [0.717, 1.165) is 5.69 Å². The standard InChI is InChI=1S/C17H17N7O3/c1-27-13(25)6-8-20-17(26)16-21-12-7-9-24(23-15(12)22-16)11-4-2-10(3-5-11)14(18)19/h2-5,7,9H,6,8H2,1H3,(H4,18,19,20,26)/p+1. The molecular formula is C17H18N7O3+. The second kappa shape index (κ2) is 7.60. The number of H-pyrrole nitrogens is 1. The molecule has 3 aromatic rings. The molecule has 27 heavy (non-hydrogen) atoms. The smallest absolute Gasteiger partial charge is 0.307 e. The van der Waals surface area contributed by atoms with Crippen LogP contribution in [0.1, 0.15) is 22.6 Å². The Balaban J connectivity index is 1.77. The van der Waals surface area contributed by atoms with E-state index in [-0.39, 0.29) is 24.6 Å². The molecule has 0 atom stereocenters. The Labute approximate surface area is 153 Å². The fourth-order valence-corrected chi connectivity index (χ4v) is 2.36. The highest BCUT2D eigenvalue weighted by Gasteiger charge is 2.16. The minimum absolute atomic E-state index is 0.00915. The molecule has 0 aliphatic carbocycles. The van der Waals surface area contributed by atoms with Crippen LogP contribution in [0.15, 0.2) is 36.5 Å². The lowest BCUT2D eigenvalue weighted by Gasteiger charge is -2.01. The van der Waals surface area contributed by atoms with Gasteiger partial charge in [-0.25, -0.2) is 0 Å². The number of aromatic amines is 1. The summed E-state index contributed by atoms with van der Waals surface area (Å²) in [4.78, 5) is 30.3. The molecule has 5 N–H and O–H groups in total. The van der Waals surface area contributed by atoms with Crippen LogP contribution < -0.4 is 15.7 Å². The average molecular weight is 368 g/mol. The first kappa shape index (κ1) is 18.0. The first-order valence-corrected chi connectivity index (χ1v) is 8.06. The molecule has 2 aromatic heterocycles. The monoisotopic (exact) mass is 368 g/mol. The van der Waals surface area contributed by atoms with Crippen molar-refractivity contribution < 1.29 is 19.0 Å². The zero-order chi connectivity index (χ0) is 19.4. The zero-order valence-corrected chi connectivity index (χ0v) is 14.5. The Morgan fingerprint density at radius 2 is 2.04 bits per heavy atom. The number of amides is 1. The summed E-state index contributed by atoms with van der Waals surface area (Å²) in [6.07, 6.45) is 1.80. The van der Waals surface area contributed by atoms with E-state index in [1.54, 1.807) is 41.2 Å². The molecule has 0 spiro atoms. The molecule has 0 aliphatic heterocycles. The molecule has 1 aromatic carbocycles. The number of amidine groups is 1. The average Bonchev–Trinajstić information content (AvgIpc) is 3.11. The van der Waals surface area contributed by atoms with Crippen LogP contribution in [0.25, 0.3) is 16.9 Å². The Bertz CT molecular complexity index is 1010. The third kappa shape index (κ3) is 4.06. The summed E-state index contributed by atoms with van der Waals surface area (Å²) in [6, 6.07) is 8.76. The van der Waals surface area contributed by atoms with Gasteiger partial charge in [0.2, 0.25) is 17.5 Å². The third-order valence-corrected chi connectivity index (χ3v) is 3.80. The number of fused-ring (bicyclic) bond motifs is 1. The fraction of sp³-hybridized carbons (Fsp3) is 0.176. The van der Waals surface area contributed by atoms with Crippen molar-refractivity contribution in [3.63, 3.8) is 0 Å². The van der Waals surface area contributed by atoms with Gasteiger partial charge in [-0.1, -0.05) is 4.68 Å². The summed E-state index contributed by atoms with van der Waals surface area (Å²) in [5.74, 6) is -0.746. The van der Waals surface area contributed by atoms with E-state index in [2.05, 4.69) is 25.1 Å². The van der Waals surface area contributed by atoms with Crippen LogP contribution in [0.2, 0.25) is 0 Å². The van der Waals surface area contributed by atoms with Gasteiger partial charge in [0.25, 0.3) is 5.91 Å². The number of nitrogens with zero attached hydrogens (tertiary/aromatic N) is 3. The van der Waals surface area contributed by atoms with Crippen molar-refractivity contribution in [2.75, 3.05) is 13.7 Å². The molecule has 0 saturated carbocycles. The van der Waals surface area contributed by atoms with Crippen LogP contribution in [-0.2, 0) is 9.53 Å². The number of methoxy groups -OCH3 is 1. The molecular weight excluding hydrogens is 350 g/mol. The van der Waals surface area contributed by atoms with Gasteiger partial charge in [-0.15, -0.1) is 0 Å². The third-order valence-electron chi connectivity index (χ3n) is 3.80.